The van der Waals surface area contributed by atoms with Gasteiger partial charge in [-0.05, 0) is 46.1 Å². The highest BCUT2D eigenvalue weighted by molar-refractivity contribution is 6.00. The van der Waals surface area contributed by atoms with E-state index in [4.69, 9.17) is 0 Å². The van der Waals surface area contributed by atoms with Gasteiger partial charge in [-0.15, -0.1) is 0 Å². The van der Waals surface area contributed by atoms with Crippen LogP contribution in [0, 0.1) is 0 Å². The third-order valence-corrected chi connectivity index (χ3v) is 3.00. The summed E-state index contributed by atoms with van der Waals surface area (Å²) in [6, 6.07) is -0.124. The second-order valence-electron chi connectivity index (χ2n) is 6.01. The first-order valence-corrected chi connectivity index (χ1v) is 6.12. The van der Waals surface area contributed by atoms with E-state index in [0.717, 1.165) is 18.4 Å². The number of carbonyl (C=O) groups excluding carboxylic acids is 2. The number of rotatable bonds is 2. The molecule has 1 aliphatic carbocycles. The van der Waals surface area contributed by atoms with Crippen molar-refractivity contribution in [3.05, 3.63) is 11.6 Å². The lowest BCUT2D eigenvalue weighted by molar-refractivity contribution is -0.135. The van der Waals surface area contributed by atoms with Gasteiger partial charge in [0, 0.05) is 17.7 Å². The van der Waals surface area contributed by atoms with Gasteiger partial charge < -0.3 is 10.2 Å². The Morgan fingerprint density at radius 2 is 2.00 bits per heavy atom. The molecular weight excluding hydrogens is 216 g/mol. The van der Waals surface area contributed by atoms with Crippen LogP contribution in [0.25, 0.3) is 0 Å². The molecule has 1 heterocycles. The molecule has 4 nitrogen and oxygen atoms in total. The summed E-state index contributed by atoms with van der Waals surface area (Å²) in [5, 5.41) is 2.95. The van der Waals surface area contributed by atoms with Gasteiger partial charge in [0.05, 0.1) is 0 Å². The van der Waals surface area contributed by atoms with E-state index in [1.165, 1.54) is 0 Å². The van der Waals surface area contributed by atoms with Gasteiger partial charge in [-0.25, -0.2) is 0 Å². The lowest BCUT2D eigenvalue weighted by Crippen LogP contribution is -2.52. The Balaban J connectivity index is 2.15. The van der Waals surface area contributed by atoms with Gasteiger partial charge in [-0.2, -0.15) is 0 Å². The maximum absolute atomic E-state index is 12.2. The third kappa shape index (κ3) is 2.51. The van der Waals surface area contributed by atoms with Crippen LogP contribution in [-0.4, -0.2) is 34.3 Å². The summed E-state index contributed by atoms with van der Waals surface area (Å²) in [5.41, 5.74) is 0.585. The smallest absolute Gasteiger partial charge is 0.247 e. The van der Waals surface area contributed by atoms with E-state index in [-0.39, 0.29) is 23.4 Å². The number of carbonyl (C=O) groups is 2. The highest BCUT2D eigenvalue weighted by Gasteiger charge is 2.44. The number of hydrogen-bond acceptors (Lipinski definition) is 2. The molecule has 0 bridgehead atoms. The van der Waals surface area contributed by atoms with Crippen LogP contribution in [0.5, 0.6) is 0 Å². The van der Waals surface area contributed by atoms with Gasteiger partial charge in [0.1, 0.15) is 6.04 Å². The van der Waals surface area contributed by atoms with Crippen molar-refractivity contribution >= 4 is 11.8 Å². The predicted molar refractivity (Wildman–Crippen MR) is 65.3 cm³/mol. The van der Waals surface area contributed by atoms with Gasteiger partial charge in [-0.3, -0.25) is 9.59 Å². The van der Waals surface area contributed by atoms with Gasteiger partial charge in [-0.1, -0.05) is 0 Å². The van der Waals surface area contributed by atoms with Gasteiger partial charge in [0.25, 0.3) is 0 Å². The fourth-order valence-electron chi connectivity index (χ4n) is 2.21. The van der Waals surface area contributed by atoms with Crippen molar-refractivity contribution in [3.63, 3.8) is 0 Å². The Hall–Kier alpha value is -1.32. The van der Waals surface area contributed by atoms with Crippen molar-refractivity contribution in [2.24, 2.45) is 0 Å². The van der Waals surface area contributed by atoms with Crippen molar-refractivity contribution in [2.75, 3.05) is 0 Å². The van der Waals surface area contributed by atoms with Crippen LogP contribution in [0.15, 0.2) is 11.6 Å². The van der Waals surface area contributed by atoms with Crippen LogP contribution in [0.1, 0.15) is 40.5 Å². The van der Waals surface area contributed by atoms with Crippen LogP contribution in [-0.2, 0) is 9.59 Å². The number of amides is 2. The quantitative estimate of drug-likeness (QED) is 0.783. The van der Waals surface area contributed by atoms with Gasteiger partial charge in [0.2, 0.25) is 11.8 Å². The number of nitrogens with zero attached hydrogens (tertiary/aromatic N) is 1. The minimum absolute atomic E-state index is 0.0148. The molecule has 2 amide bonds. The summed E-state index contributed by atoms with van der Waals surface area (Å²) in [5.74, 6) is -0.0805. The molecule has 1 atom stereocenters. The molecule has 17 heavy (non-hydrogen) atoms. The van der Waals surface area contributed by atoms with Crippen LogP contribution in [0.4, 0.5) is 0 Å². The molecule has 1 saturated carbocycles. The summed E-state index contributed by atoms with van der Waals surface area (Å²) in [7, 11) is 0. The topological polar surface area (TPSA) is 49.4 Å². The maximum Gasteiger partial charge on any atom is 0.247 e. The van der Waals surface area contributed by atoms with E-state index < -0.39 is 6.04 Å². The first kappa shape index (κ1) is 12.1. The summed E-state index contributed by atoms with van der Waals surface area (Å²) >= 11 is 0. The maximum atomic E-state index is 12.2. The Bertz CT molecular complexity index is 389. The molecular formula is C13H20N2O2. The lowest BCUT2D eigenvalue weighted by atomic mass is 10.1. The summed E-state index contributed by atoms with van der Waals surface area (Å²) in [4.78, 5) is 25.8. The highest BCUT2D eigenvalue weighted by Crippen LogP contribution is 2.34. The first-order chi connectivity index (χ1) is 7.79. The molecule has 0 aromatic rings. The highest BCUT2D eigenvalue weighted by atomic mass is 16.2. The molecule has 1 aliphatic heterocycles. The normalized spacial score (nSPS) is 24.9. The Morgan fingerprint density at radius 1 is 1.41 bits per heavy atom. The Morgan fingerprint density at radius 3 is 2.47 bits per heavy atom. The zero-order valence-corrected chi connectivity index (χ0v) is 10.9. The van der Waals surface area contributed by atoms with Crippen LogP contribution in [0.3, 0.4) is 0 Å². The second kappa shape index (κ2) is 3.86. The molecule has 1 unspecified atom stereocenters. The minimum Gasteiger partial charge on any atom is -0.349 e. The molecule has 2 rings (SSSR count). The third-order valence-electron chi connectivity index (χ3n) is 3.00. The lowest BCUT2D eigenvalue weighted by Gasteiger charge is -2.29. The summed E-state index contributed by atoms with van der Waals surface area (Å²) < 4.78 is 0. The zero-order chi connectivity index (χ0) is 12.8. The molecule has 1 N–H and O–H groups in total. The molecule has 0 radical (unpaired) electrons. The van der Waals surface area contributed by atoms with Crippen molar-refractivity contribution in [2.45, 2.75) is 58.2 Å². The van der Waals surface area contributed by atoms with E-state index in [0.29, 0.717) is 0 Å². The van der Waals surface area contributed by atoms with E-state index >= 15 is 0 Å². The molecule has 0 aromatic carbocycles. The van der Waals surface area contributed by atoms with Crippen LogP contribution < -0.4 is 5.32 Å². The first-order valence-electron chi connectivity index (χ1n) is 6.12. The van der Waals surface area contributed by atoms with Crippen molar-refractivity contribution in [1.82, 2.24) is 10.2 Å². The molecule has 0 spiro atoms. The minimum atomic E-state index is -0.394. The van der Waals surface area contributed by atoms with Crippen molar-refractivity contribution in [1.29, 1.82) is 0 Å². The van der Waals surface area contributed by atoms with Crippen molar-refractivity contribution in [3.8, 4) is 0 Å². The molecule has 4 heteroatoms. The van der Waals surface area contributed by atoms with Crippen LogP contribution in [0.2, 0.25) is 0 Å². The predicted octanol–water partition coefficient (Wildman–Crippen LogP) is 1.22. The second-order valence-corrected chi connectivity index (χ2v) is 6.01. The van der Waals surface area contributed by atoms with Crippen molar-refractivity contribution < 1.29 is 9.59 Å². The molecule has 2 aliphatic rings. The number of nitrogens with one attached hydrogen (secondary N) is 1. The van der Waals surface area contributed by atoms with E-state index in [9.17, 15) is 9.59 Å². The monoisotopic (exact) mass is 236 g/mol. The standard InChI is InChI=1S/C13H20N2O2/c1-8-7-10(16)15(9-5-6-9)11(8)12(17)14-13(2,3)4/h7,9,11H,5-6H2,1-4H3,(H,14,17). The van der Waals surface area contributed by atoms with Gasteiger partial charge in [0.15, 0.2) is 0 Å². The molecule has 1 fully saturated rings. The molecule has 94 valence electrons. The largest absolute Gasteiger partial charge is 0.349 e. The van der Waals surface area contributed by atoms with E-state index in [2.05, 4.69) is 5.32 Å². The summed E-state index contributed by atoms with van der Waals surface area (Å²) in [6.07, 6.45) is 3.63. The Kier molecular flexibility index (Phi) is 2.76. The van der Waals surface area contributed by atoms with Gasteiger partial charge >= 0.3 is 0 Å². The Labute approximate surface area is 102 Å². The van der Waals surface area contributed by atoms with E-state index in [1.54, 1.807) is 11.0 Å². The van der Waals surface area contributed by atoms with E-state index in [1.807, 2.05) is 27.7 Å². The zero-order valence-electron chi connectivity index (χ0n) is 10.9. The number of hydrogen-bond donors (Lipinski definition) is 1. The average molecular weight is 236 g/mol. The fraction of sp³-hybridized carbons (Fsp3) is 0.692. The average Bonchev–Trinajstić information content (AvgIpc) is 2.89. The molecule has 0 saturated heterocycles. The fourth-order valence-corrected chi connectivity index (χ4v) is 2.21. The summed E-state index contributed by atoms with van der Waals surface area (Å²) in [6.45, 7) is 7.69. The van der Waals surface area contributed by atoms with Crippen LogP contribution >= 0.6 is 0 Å². The SMILES string of the molecule is CC1=CC(=O)N(C2CC2)C1C(=O)NC(C)(C)C. The molecule has 0 aromatic heterocycles.